The van der Waals surface area contributed by atoms with E-state index in [9.17, 15) is 0 Å². The van der Waals surface area contributed by atoms with Gasteiger partial charge in [-0.15, -0.1) is 0 Å². The Balaban J connectivity index is 1.80. The van der Waals surface area contributed by atoms with Crippen LogP contribution in [0.1, 0.15) is 0 Å². The molecule has 14 heavy (non-hydrogen) atoms. The van der Waals surface area contributed by atoms with Gasteiger partial charge in [0.2, 0.25) is 0 Å². The summed E-state index contributed by atoms with van der Waals surface area (Å²) in [7, 11) is 0. The molecule has 4 fully saturated rings. The average Bonchev–Trinajstić information content (AvgIpc) is 2.12. The number of nitrogens with zero attached hydrogens (tertiary/aromatic N) is 3. The van der Waals surface area contributed by atoms with Crippen LogP contribution in [-0.2, 0) is 0 Å². The maximum Gasteiger partial charge on any atom is 0.150 e. The van der Waals surface area contributed by atoms with Crippen molar-refractivity contribution in [1.29, 1.82) is 0 Å². The second-order valence-electron chi connectivity index (χ2n) is 4.71. The summed E-state index contributed by atoms with van der Waals surface area (Å²) in [6.07, 6.45) is 2.08. The Bertz CT molecular complexity index is 230. The van der Waals surface area contributed by atoms with Gasteiger partial charge in [0.25, 0.3) is 0 Å². The summed E-state index contributed by atoms with van der Waals surface area (Å²) >= 11 is 5.61. The molecule has 0 aromatic carbocycles. The van der Waals surface area contributed by atoms with Crippen molar-refractivity contribution in [2.75, 3.05) is 39.6 Å². The molecule has 1 N–H and O–H groups in total. The lowest BCUT2D eigenvalue weighted by atomic mass is 10.1. The topological polar surface area (TPSA) is 18.5 Å². The van der Waals surface area contributed by atoms with Crippen LogP contribution in [0.15, 0.2) is 11.6 Å². The van der Waals surface area contributed by atoms with Crippen LogP contribution in [0.4, 0.5) is 0 Å². The number of nitrogens with one attached hydrogen (secondary N) is 1. The van der Waals surface area contributed by atoms with Gasteiger partial charge in [0.1, 0.15) is 19.9 Å². The molecule has 4 aliphatic rings. The third kappa shape index (κ3) is 1.38. The van der Waals surface area contributed by atoms with Crippen LogP contribution in [0.25, 0.3) is 0 Å². The van der Waals surface area contributed by atoms with Crippen LogP contribution < -0.4 is 5.43 Å². The zero-order chi connectivity index (χ0) is 9.60. The van der Waals surface area contributed by atoms with Gasteiger partial charge in [0.05, 0.1) is 19.3 Å². The van der Waals surface area contributed by atoms with Crippen LogP contribution in [0.2, 0.25) is 0 Å². The molecule has 0 radical (unpaired) electrons. The van der Waals surface area contributed by atoms with Crippen LogP contribution in [0, 0.1) is 0 Å². The second kappa shape index (κ2) is 3.18. The zero-order valence-electron chi connectivity index (χ0n) is 8.19. The fraction of sp³-hybridized carbons (Fsp3) is 0.778. The monoisotopic (exact) mass is 215 g/mol. The first-order valence-electron chi connectivity index (χ1n) is 5.13. The predicted octanol–water partition coefficient (Wildman–Crippen LogP) is -0.0538. The Kier molecular flexibility index (Phi) is 2.07. The molecule has 4 rings (SSSR count). The molecule has 4 saturated heterocycles. The number of hydrogen-bond acceptors (Lipinski definition) is 3. The highest BCUT2D eigenvalue weighted by molar-refractivity contribution is 6.25. The molecule has 0 amide bonds. The van der Waals surface area contributed by atoms with E-state index in [1.807, 2.05) is 0 Å². The summed E-state index contributed by atoms with van der Waals surface area (Å²) in [5.41, 5.74) is 5.18. The minimum atomic E-state index is 0.648. The molecule has 4 nitrogen and oxygen atoms in total. The van der Waals surface area contributed by atoms with Crippen molar-refractivity contribution in [3.8, 4) is 0 Å². The molecule has 0 aromatic heterocycles. The van der Waals surface area contributed by atoms with E-state index in [4.69, 9.17) is 11.6 Å². The minimum absolute atomic E-state index is 0.648. The maximum atomic E-state index is 5.61. The van der Waals surface area contributed by atoms with Crippen molar-refractivity contribution < 1.29 is 4.48 Å². The van der Waals surface area contributed by atoms with E-state index in [1.165, 1.54) is 19.8 Å². The van der Waals surface area contributed by atoms with Crippen molar-refractivity contribution in [2.24, 2.45) is 0 Å². The van der Waals surface area contributed by atoms with Gasteiger partial charge in [0, 0.05) is 12.1 Å². The first-order valence-corrected chi connectivity index (χ1v) is 5.57. The predicted molar refractivity (Wildman–Crippen MR) is 55.1 cm³/mol. The third-order valence-electron chi connectivity index (χ3n) is 3.37. The molecule has 4 bridgehead atoms. The lowest BCUT2D eigenvalue weighted by Gasteiger charge is -2.59. The summed E-state index contributed by atoms with van der Waals surface area (Å²) in [4.78, 5) is 2.52. The second-order valence-corrected chi connectivity index (χ2v) is 4.96. The number of hydrogen-bond donors (Lipinski definition) is 1. The van der Waals surface area contributed by atoms with Crippen LogP contribution in [0.3, 0.4) is 0 Å². The summed E-state index contributed by atoms with van der Waals surface area (Å²) in [6.45, 7) is 6.91. The van der Waals surface area contributed by atoms with Crippen molar-refractivity contribution in [3.63, 3.8) is 0 Å². The quantitative estimate of drug-likeness (QED) is 0.652. The van der Waals surface area contributed by atoms with Crippen molar-refractivity contribution in [1.82, 2.24) is 15.3 Å². The Morgan fingerprint density at radius 2 is 2.43 bits per heavy atom. The van der Waals surface area contributed by atoms with E-state index >= 15 is 0 Å². The van der Waals surface area contributed by atoms with Gasteiger partial charge in [-0.25, -0.2) is 10.3 Å². The molecule has 0 aromatic rings. The van der Waals surface area contributed by atoms with Crippen molar-refractivity contribution >= 4 is 11.6 Å². The van der Waals surface area contributed by atoms with E-state index in [-0.39, 0.29) is 0 Å². The first kappa shape index (κ1) is 9.12. The van der Waals surface area contributed by atoms with Gasteiger partial charge in [-0.3, -0.25) is 4.48 Å². The summed E-state index contributed by atoms with van der Waals surface area (Å²) in [5, 5.41) is 2.34. The summed E-state index contributed by atoms with van der Waals surface area (Å²) < 4.78 is 1.15. The number of rotatable bonds is 2. The van der Waals surface area contributed by atoms with E-state index < -0.39 is 0 Å². The number of hydrazine groups is 1. The van der Waals surface area contributed by atoms with E-state index in [0.29, 0.717) is 6.04 Å². The average molecular weight is 216 g/mol. The highest BCUT2D eigenvalue weighted by Crippen LogP contribution is 2.26. The Morgan fingerprint density at radius 3 is 3.14 bits per heavy atom. The molecule has 0 spiro atoms. The summed E-state index contributed by atoms with van der Waals surface area (Å²) in [6, 6.07) is 0.648. The van der Waals surface area contributed by atoms with Crippen molar-refractivity contribution in [3.05, 3.63) is 11.6 Å². The Hall–Kier alpha value is -0.130. The highest BCUT2D eigenvalue weighted by Gasteiger charge is 2.48. The van der Waals surface area contributed by atoms with Crippen LogP contribution in [-0.4, -0.2) is 60.1 Å². The van der Waals surface area contributed by atoms with Gasteiger partial charge in [-0.1, -0.05) is 11.6 Å². The van der Waals surface area contributed by atoms with E-state index in [2.05, 4.69) is 21.4 Å². The van der Waals surface area contributed by atoms with Gasteiger partial charge >= 0.3 is 0 Å². The lowest BCUT2D eigenvalue weighted by Crippen LogP contribution is -2.81. The zero-order valence-corrected chi connectivity index (χ0v) is 8.95. The molecule has 4 atom stereocenters. The van der Waals surface area contributed by atoms with E-state index in [1.54, 1.807) is 5.54 Å². The van der Waals surface area contributed by atoms with Crippen LogP contribution >= 0.6 is 11.6 Å². The lowest BCUT2D eigenvalue weighted by molar-refractivity contribution is -0.965. The smallest absolute Gasteiger partial charge is 0.150 e. The van der Waals surface area contributed by atoms with Gasteiger partial charge in [-0.2, -0.15) is 5.01 Å². The number of halogens is 1. The Labute approximate surface area is 89.3 Å². The molecule has 0 aliphatic carbocycles. The number of quaternary nitrogens is 1. The Morgan fingerprint density at radius 1 is 1.50 bits per heavy atom. The first-order chi connectivity index (χ1) is 6.80. The van der Waals surface area contributed by atoms with Crippen molar-refractivity contribution in [2.45, 2.75) is 6.04 Å². The maximum absolute atomic E-state index is 5.61. The normalized spacial score (nSPS) is 50.5. The SMILES string of the molecule is Cl/C=C/C[N+]12CC3CN(CN(C1)N3)C2. The van der Waals surface area contributed by atoms with Gasteiger partial charge in [-0.05, 0) is 6.08 Å². The molecule has 0 saturated carbocycles. The fourth-order valence-electron chi connectivity index (χ4n) is 3.10. The molecule has 4 unspecified atom stereocenters. The standard InChI is InChI=1S/C9H16ClN4/c10-2-1-3-14-5-9-4-12(7-14)6-13(8-14)11-9/h1-2,9,11H,3-8H2/q+1/b2-1+. The summed E-state index contributed by atoms with van der Waals surface area (Å²) in [5.74, 6) is 0. The molecule has 4 heterocycles. The van der Waals surface area contributed by atoms with Gasteiger partial charge in [0.15, 0.2) is 0 Å². The largest absolute Gasteiger partial charge is 0.293 e. The highest BCUT2D eigenvalue weighted by atomic mass is 35.5. The van der Waals surface area contributed by atoms with Gasteiger partial charge < -0.3 is 0 Å². The van der Waals surface area contributed by atoms with Crippen LogP contribution in [0.5, 0.6) is 0 Å². The molecule has 4 aliphatic heterocycles. The molecule has 5 heteroatoms. The van der Waals surface area contributed by atoms with E-state index in [0.717, 1.165) is 24.4 Å². The molecule has 78 valence electrons. The molecular weight excluding hydrogens is 200 g/mol. The third-order valence-corrected chi connectivity index (χ3v) is 3.55. The minimum Gasteiger partial charge on any atom is -0.293 e. The molecular formula is C9H16ClN4+. The fourth-order valence-corrected chi connectivity index (χ4v) is 3.18.